The average molecular weight is 270 g/mol. The quantitative estimate of drug-likeness (QED) is 0.784. The molecule has 0 aliphatic carbocycles. The molecule has 20 heavy (non-hydrogen) atoms. The van der Waals surface area contributed by atoms with Crippen LogP contribution in [0.1, 0.15) is 25.0 Å². The van der Waals surface area contributed by atoms with E-state index in [1.807, 2.05) is 25.1 Å². The number of nitrogen functional groups attached to an aromatic ring is 1. The highest BCUT2D eigenvalue weighted by atomic mass is 16.5. The molecule has 2 rings (SSSR count). The maximum absolute atomic E-state index is 6.09. The maximum atomic E-state index is 6.09. The second-order valence-corrected chi connectivity index (χ2v) is 4.67. The third-order valence-corrected chi connectivity index (χ3v) is 3.28. The number of nitrogens with one attached hydrogen (secondary N) is 1. The lowest BCUT2D eigenvalue weighted by Crippen LogP contribution is -2.04. The molecule has 0 aliphatic rings. The number of para-hydroxylation sites is 1. The van der Waals surface area contributed by atoms with Crippen molar-refractivity contribution in [3.05, 3.63) is 53.6 Å². The number of anilines is 2. The van der Waals surface area contributed by atoms with Crippen LogP contribution in [0.3, 0.4) is 0 Å². The van der Waals surface area contributed by atoms with Gasteiger partial charge in [0, 0.05) is 6.54 Å². The van der Waals surface area contributed by atoms with Gasteiger partial charge in [0.1, 0.15) is 5.75 Å². The van der Waals surface area contributed by atoms with Crippen molar-refractivity contribution in [1.82, 2.24) is 0 Å². The van der Waals surface area contributed by atoms with Gasteiger partial charge in [-0.25, -0.2) is 0 Å². The average Bonchev–Trinajstić information content (AvgIpc) is 2.49. The molecular formula is C17H22N2O. The molecule has 0 saturated carbocycles. The standard InChI is InChI=1S/C17H22N2O/c1-3-13-8-10-14(11-9-13)12-19-15-6-5-7-16(17(15)18)20-4-2/h5-11,19H,3-4,12,18H2,1-2H3. The van der Waals surface area contributed by atoms with Crippen molar-refractivity contribution >= 4 is 11.4 Å². The van der Waals surface area contributed by atoms with Gasteiger partial charge < -0.3 is 15.8 Å². The Labute approximate surface area is 120 Å². The molecular weight excluding hydrogens is 248 g/mol. The van der Waals surface area contributed by atoms with E-state index in [2.05, 4.69) is 36.5 Å². The van der Waals surface area contributed by atoms with Gasteiger partial charge in [-0.15, -0.1) is 0 Å². The van der Waals surface area contributed by atoms with Gasteiger partial charge in [-0.2, -0.15) is 0 Å². The van der Waals surface area contributed by atoms with E-state index in [9.17, 15) is 0 Å². The van der Waals surface area contributed by atoms with Crippen molar-refractivity contribution in [1.29, 1.82) is 0 Å². The first kappa shape index (κ1) is 14.3. The summed E-state index contributed by atoms with van der Waals surface area (Å²) in [6.07, 6.45) is 1.07. The Morgan fingerprint density at radius 1 is 1.00 bits per heavy atom. The van der Waals surface area contributed by atoms with Crippen molar-refractivity contribution in [3.8, 4) is 5.75 Å². The lowest BCUT2D eigenvalue weighted by Gasteiger charge is -2.13. The number of benzene rings is 2. The lowest BCUT2D eigenvalue weighted by atomic mass is 10.1. The predicted octanol–water partition coefficient (Wildman–Crippen LogP) is 3.84. The zero-order valence-corrected chi connectivity index (χ0v) is 12.1. The molecule has 0 aromatic heterocycles. The maximum Gasteiger partial charge on any atom is 0.144 e. The largest absolute Gasteiger partial charge is 0.492 e. The van der Waals surface area contributed by atoms with Crippen LogP contribution in [0.4, 0.5) is 11.4 Å². The number of rotatable bonds is 6. The first-order valence-electron chi connectivity index (χ1n) is 7.07. The van der Waals surface area contributed by atoms with Crippen molar-refractivity contribution in [2.24, 2.45) is 0 Å². The fourth-order valence-corrected chi connectivity index (χ4v) is 2.07. The van der Waals surface area contributed by atoms with E-state index in [-0.39, 0.29) is 0 Å². The summed E-state index contributed by atoms with van der Waals surface area (Å²) in [5, 5.41) is 3.36. The molecule has 0 atom stereocenters. The fraction of sp³-hybridized carbons (Fsp3) is 0.294. The molecule has 3 heteroatoms. The summed E-state index contributed by atoms with van der Waals surface area (Å²) in [6.45, 7) is 5.48. The normalized spacial score (nSPS) is 10.3. The topological polar surface area (TPSA) is 47.3 Å². The molecule has 0 amide bonds. The van der Waals surface area contributed by atoms with Crippen LogP contribution in [0.25, 0.3) is 0 Å². The highest BCUT2D eigenvalue weighted by Crippen LogP contribution is 2.29. The van der Waals surface area contributed by atoms with Gasteiger partial charge in [0.15, 0.2) is 0 Å². The number of aryl methyl sites for hydroxylation is 1. The van der Waals surface area contributed by atoms with Crippen molar-refractivity contribution < 1.29 is 4.74 Å². The van der Waals surface area contributed by atoms with E-state index in [0.717, 1.165) is 24.4 Å². The summed E-state index contributed by atoms with van der Waals surface area (Å²) in [5.74, 6) is 0.735. The molecule has 2 aromatic carbocycles. The second-order valence-electron chi connectivity index (χ2n) is 4.67. The monoisotopic (exact) mass is 270 g/mol. The summed E-state index contributed by atoms with van der Waals surface area (Å²) in [7, 11) is 0. The highest BCUT2D eigenvalue weighted by Gasteiger charge is 2.05. The molecule has 0 unspecified atom stereocenters. The number of hydrogen-bond donors (Lipinski definition) is 2. The number of hydrogen-bond acceptors (Lipinski definition) is 3. The van der Waals surface area contributed by atoms with E-state index in [1.54, 1.807) is 0 Å². The summed E-state index contributed by atoms with van der Waals surface area (Å²) >= 11 is 0. The first-order chi connectivity index (χ1) is 9.74. The summed E-state index contributed by atoms with van der Waals surface area (Å²) < 4.78 is 5.49. The number of ether oxygens (including phenoxy) is 1. The summed E-state index contributed by atoms with van der Waals surface area (Å²) in [4.78, 5) is 0. The van der Waals surface area contributed by atoms with Crippen molar-refractivity contribution in [2.45, 2.75) is 26.8 Å². The van der Waals surface area contributed by atoms with Gasteiger partial charge in [-0.3, -0.25) is 0 Å². The van der Waals surface area contributed by atoms with Gasteiger partial charge in [0.05, 0.1) is 18.0 Å². The summed E-state index contributed by atoms with van der Waals surface area (Å²) in [6, 6.07) is 14.4. The Morgan fingerprint density at radius 3 is 2.35 bits per heavy atom. The molecule has 0 aliphatic heterocycles. The van der Waals surface area contributed by atoms with Gasteiger partial charge in [-0.1, -0.05) is 37.3 Å². The van der Waals surface area contributed by atoms with Crippen LogP contribution in [0.5, 0.6) is 5.75 Å². The predicted molar refractivity (Wildman–Crippen MR) is 85.2 cm³/mol. The molecule has 0 saturated heterocycles. The van der Waals surface area contributed by atoms with Gasteiger partial charge in [-0.05, 0) is 36.6 Å². The van der Waals surface area contributed by atoms with Crippen LogP contribution < -0.4 is 15.8 Å². The highest BCUT2D eigenvalue weighted by molar-refractivity contribution is 5.72. The molecule has 3 N–H and O–H groups in total. The minimum absolute atomic E-state index is 0.617. The number of nitrogens with two attached hydrogens (primary N) is 1. The van der Waals surface area contributed by atoms with Gasteiger partial charge >= 0.3 is 0 Å². The van der Waals surface area contributed by atoms with Crippen molar-refractivity contribution in [3.63, 3.8) is 0 Å². The molecule has 0 bridgehead atoms. The minimum atomic E-state index is 0.617. The van der Waals surface area contributed by atoms with Crippen LogP contribution in [-0.4, -0.2) is 6.61 Å². The molecule has 0 fully saturated rings. The second kappa shape index (κ2) is 6.85. The van der Waals surface area contributed by atoms with E-state index < -0.39 is 0 Å². The third-order valence-electron chi connectivity index (χ3n) is 3.28. The zero-order chi connectivity index (χ0) is 14.4. The van der Waals surface area contributed by atoms with E-state index in [4.69, 9.17) is 10.5 Å². The van der Waals surface area contributed by atoms with Gasteiger partial charge in [0.25, 0.3) is 0 Å². The zero-order valence-electron chi connectivity index (χ0n) is 12.1. The Morgan fingerprint density at radius 2 is 1.70 bits per heavy atom. The fourth-order valence-electron chi connectivity index (χ4n) is 2.07. The Bertz CT molecular complexity index is 549. The Balaban J connectivity index is 2.04. The SMILES string of the molecule is CCOc1cccc(NCc2ccc(CC)cc2)c1N. The van der Waals surface area contributed by atoms with Gasteiger partial charge in [0.2, 0.25) is 0 Å². The van der Waals surface area contributed by atoms with E-state index in [1.165, 1.54) is 11.1 Å². The molecule has 106 valence electrons. The van der Waals surface area contributed by atoms with Crippen LogP contribution in [0, 0.1) is 0 Å². The smallest absolute Gasteiger partial charge is 0.144 e. The van der Waals surface area contributed by atoms with Crippen LogP contribution in [0.2, 0.25) is 0 Å². The van der Waals surface area contributed by atoms with E-state index in [0.29, 0.717) is 12.3 Å². The molecule has 2 aromatic rings. The van der Waals surface area contributed by atoms with Crippen LogP contribution >= 0.6 is 0 Å². The molecule has 3 nitrogen and oxygen atoms in total. The van der Waals surface area contributed by atoms with Crippen LogP contribution in [-0.2, 0) is 13.0 Å². The Kier molecular flexibility index (Phi) is 4.88. The molecule has 0 spiro atoms. The van der Waals surface area contributed by atoms with E-state index >= 15 is 0 Å². The third kappa shape index (κ3) is 3.44. The first-order valence-corrected chi connectivity index (χ1v) is 7.07. The summed E-state index contributed by atoms with van der Waals surface area (Å²) in [5.41, 5.74) is 10.3. The Hall–Kier alpha value is -2.16. The van der Waals surface area contributed by atoms with Crippen molar-refractivity contribution in [2.75, 3.05) is 17.7 Å². The lowest BCUT2D eigenvalue weighted by molar-refractivity contribution is 0.342. The molecule has 0 radical (unpaired) electrons. The minimum Gasteiger partial charge on any atom is -0.492 e. The van der Waals surface area contributed by atoms with Crippen LogP contribution in [0.15, 0.2) is 42.5 Å². The molecule has 0 heterocycles.